The van der Waals surface area contributed by atoms with Gasteiger partial charge in [-0.1, -0.05) is 6.42 Å². The van der Waals surface area contributed by atoms with Crippen molar-refractivity contribution in [1.29, 1.82) is 0 Å². The Kier molecular flexibility index (Phi) is 7.20. The molecule has 1 saturated carbocycles. The molecule has 1 aliphatic carbocycles. The van der Waals surface area contributed by atoms with Crippen molar-refractivity contribution in [3.63, 3.8) is 0 Å². The van der Waals surface area contributed by atoms with Crippen LogP contribution in [-0.2, 0) is 9.47 Å². The largest absolute Gasteiger partial charge is 0.462 e. The molecule has 0 unspecified atom stereocenters. The highest BCUT2D eigenvalue weighted by molar-refractivity contribution is 7.18. The molecule has 0 saturated heterocycles. The Bertz CT molecular complexity index is 932. The van der Waals surface area contributed by atoms with Gasteiger partial charge in [-0.2, -0.15) is 0 Å². The minimum Gasteiger partial charge on any atom is -0.462 e. The van der Waals surface area contributed by atoms with E-state index in [1.54, 1.807) is 13.8 Å². The molecule has 1 aromatic carbocycles. The zero-order valence-corrected chi connectivity index (χ0v) is 17.8. The van der Waals surface area contributed by atoms with Crippen molar-refractivity contribution in [2.75, 3.05) is 11.9 Å². The van der Waals surface area contributed by atoms with Gasteiger partial charge in [0.1, 0.15) is 21.8 Å². The van der Waals surface area contributed by atoms with Gasteiger partial charge in [0.2, 0.25) is 0 Å². The first kappa shape index (κ1) is 22.0. The number of amides is 1. The molecular formula is C22H24FNO5S. The van der Waals surface area contributed by atoms with Crippen molar-refractivity contribution in [2.45, 2.75) is 52.1 Å². The molecule has 1 aliphatic rings. The van der Waals surface area contributed by atoms with Crippen LogP contribution in [0.1, 0.15) is 75.0 Å². The normalized spacial score (nSPS) is 14.2. The summed E-state index contributed by atoms with van der Waals surface area (Å²) in [6.45, 7) is 3.46. The number of esters is 2. The van der Waals surface area contributed by atoms with Crippen molar-refractivity contribution in [3.05, 3.63) is 51.7 Å². The summed E-state index contributed by atoms with van der Waals surface area (Å²) in [4.78, 5) is 38.1. The maximum atomic E-state index is 13.1. The molecule has 1 N–H and O–H groups in total. The molecule has 0 aliphatic heterocycles. The minimum atomic E-state index is -0.627. The Morgan fingerprint density at radius 3 is 2.40 bits per heavy atom. The second-order valence-electron chi connectivity index (χ2n) is 7.11. The Balaban J connectivity index is 1.87. The fourth-order valence-corrected chi connectivity index (χ4v) is 4.48. The molecule has 2 aromatic rings. The Morgan fingerprint density at radius 2 is 1.77 bits per heavy atom. The molecule has 160 valence electrons. The maximum Gasteiger partial charge on any atom is 0.348 e. The summed E-state index contributed by atoms with van der Waals surface area (Å²) in [5.41, 5.74) is 0.769. The highest BCUT2D eigenvalue weighted by atomic mass is 32.1. The summed E-state index contributed by atoms with van der Waals surface area (Å²) in [6.07, 6.45) is 4.71. The number of thiophene rings is 1. The second-order valence-corrected chi connectivity index (χ2v) is 8.13. The van der Waals surface area contributed by atoms with Gasteiger partial charge in [-0.15, -0.1) is 11.3 Å². The smallest absolute Gasteiger partial charge is 0.348 e. The van der Waals surface area contributed by atoms with E-state index in [0.29, 0.717) is 5.56 Å². The predicted molar refractivity (Wildman–Crippen MR) is 112 cm³/mol. The first-order valence-corrected chi connectivity index (χ1v) is 10.8. The molecule has 0 spiro atoms. The second kappa shape index (κ2) is 9.84. The van der Waals surface area contributed by atoms with E-state index >= 15 is 0 Å². The van der Waals surface area contributed by atoms with Crippen molar-refractivity contribution >= 4 is 34.2 Å². The van der Waals surface area contributed by atoms with E-state index in [1.165, 1.54) is 24.3 Å². The minimum absolute atomic E-state index is 0.129. The molecule has 1 aromatic heterocycles. The van der Waals surface area contributed by atoms with Crippen LogP contribution in [-0.4, -0.2) is 30.6 Å². The number of ether oxygens (including phenoxy) is 2. The summed E-state index contributed by atoms with van der Waals surface area (Å²) in [5.74, 6) is -2.11. The zero-order valence-electron chi connectivity index (χ0n) is 17.0. The number of nitrogens with one attached hydrogen (secondary N) is 1. The van der Waals surface area contributed by atoms with Gasteiger partial charge in [-0.25, -0.2) is 14.0 Å². The van der Waals surface area contributed by atoms with Gasteiger partial charge in [0.25, 0.3) is 5.91 Å². The fraction of sp³-hybridized carbons (Fsp3) is 0.409. The van der Waals surface area contributed by atoms with E-state index in [0.717, 1.165) is 43.4 Å². The van der Waals surface area contributed by atoms with Crippen LogP contribution in [0.4, 0.5) is 9.39 Å². The van der Waals surface area contributed by atoms with Gasteiger partial charge in [0.05, 0.1) is 12.2 Å². The van der Waals surface area contributed by atoms with E-state index in [-0.39, 0.29) is 33.7 Å². The third kappa shape index (κ3) is 5.05. The number of halogens is 1. The molecule has 0 radical (unpaired) electrons. The lowest BCUT2D eigenvalue weighted by Crippen LogP contribution is -2.21. The molecule has 6 nitrogen and oxygen atoms in total. The average molecular weight is 434 g/mol. The van der Waals surface area contributed by atoms with Crippen LogP contribution in [0.5, 0.6) is 0 Å². The first-order chi connectivity index (χ1) is 14.4. The quantitative estimate of drug-likeness (QED) is 0.640. The Labute approximate surface area is 178 Å². The Morgan fingerprint density at radius 1 is 1.10 bits per heavy atom. The predicted octanol–water partition coefficient (Wildman–Crippen LogP) is 5.11. The highest BCUT2D eigenvalue weighted by Crippen LogP contribution is 2.35. The molecular weight excluding hydrogens is 409 g/mol. The fourth-order valence-electron chi connectivity index (χ4n) is 3.41. The van der Waals surface area contributed by atoms with Crippen LogP contribution in [0.2, 0.25) is 0 Å². The summed E-state index contributed by atoms with van der Waals surface area (Å²) < 4.78 is 23.9. The van der Waals surface area contributed by atoms with Gasteiger partial charge in [-0.3, -0.25) is 4.79 Å². The van der Waals surface area contributed by atoms with Gasteiger partial charge in [0.15, 0.2) is 0 Å². The van der Waals surface area contributed by atoms with E-state index < -0.39 is 23.7 Å². The summed E-state index contributed by atoms with van der Waals surface area (Å²) in [6, 6.07) is 5.03. The SMILES string of the molecule is CCOC(=O)c1c(NC(=O)c2ccc(F)cc2)sc(C(=O)OC2CCCCC2)c1C. The number of carbonyl (C=O) groups excluding carboxylic acids is 3. The number of hydrogen-bond donors (Lipinski definition) is 1. The van der Waals surface area contributed by atoms with Crippen LogP contribution < -0.4 is 5.32 Å². The lowest BCUT2D eigenvalue weighted by molar-refractivity contribution is 0.0216. The van der Waals surface area contributed by atoms with Crippen molar-refractivity contribution < 1.29 is 28.2 Å². The van der Waals surface area contributed by atoms with Crippen molar-refractivity contribution in [3.8, 4) is 0 Å². The molecule has 3 rings (SSSR count). The van der Waals surface area contributed by atoms with E-state index in [9.17, 15) is 18.8 Å². The van der Waals surface area contributed by atoms with Crippen LogP contribution in [0.15, 0.2) is 24.3 Å². The number of rotatable bonds is 6. The first-order valence-electron chi connectivity index (χ1n) is 9.99. The monoisotopic (exact) mass is 433 g/mol. The number of hydrogen-bond acceptors (Lipinski definition) is 6. The lowest BCUT2D eigenvalue weighted by Gasteiger charge is -2.21. The lowest BCUT2D eigenvalue weighted by atomic mass is 9.98. The number of carbonyl (C=O) groups is 3. The molecule has 1 heterocycles. The van der Waals surface area contributed by atoms with Crippen molar-refractivity contribution in [1.82, 2.24) is 0 Å². The zero-order chi connectivity index (χ0) is 21.7. The van der Waals surface area contributed by atoms with Crippen LogP contribution in [0.25, 0.3) is 0 Å². The molecule has 0 bridgehead atoms. The average Bonchev–Trinajstić information content (AvgIpc) is 3.05. The highest BCUT2D eigenvalue weighted by Gasteiger charge is 2.29. The topological polar surface area (TPSA) is 81.7 Å². The van der Waals surface area contributed by atoms with E-state index in [4.69, 9.17) is 9.47 Å². The van der Waals surface area contributed by atoms with Gasteiger partial charge < -0.3 is 14.8 Å². The van der Waals surface area contributed by atoms with Crippen molar-refractivity contribution in [2.24, 2.45) is 0 Å². The van der Waals surface area contributed by atoms with E-state index in [2.05, 4.69) is 5.32 Å². The third-order valence-electron chi connectivity index (χ3n) is 4.97. The summed E-state index contributed by atoms with van der Waals surface area (Å²) in [7, 11) is 0. The molecule has 1 fully saturated rings. The molecule has 1 amide bonds. The maximum absolute atomic E-state index is 13.1. The summed E-state index contributed by atoms with van der Waals surface area (Å²) in [5, 5.41) is 2.86. The van der Waals surface area contributed by atoms with E-state index in [1.807, 2.05) is 0 Å². The third-order valence-corrected chi connectivity index (χ3v) is 6.16. The molecule has 30 heavy (non-hydrogen) atoms. The van der Waals surface area contributed by atoms with Gasteiger partial charge in [-0.05, 0) is 69.4 Å². The molecule has 0 atom stereocenters. The Hall–Kier alpha value is -2.74. The summed E-state index contributed by atoms with van der Waals surface area (Å²) >= 11 is 0.982. The van der Waals surface area contributed by atoms with Gasteiger partial charge in [0, 0.05) is 5.56 Å². The number of benzene rings is 1. The standard InChI is InChI=1S/C22H24FNO5S/c1-3-28-21(26)17-13(2)18(22(27)29-16-7-5-4-6-8-16)30-20(17)24-19(25)14-9-11-15(23)12-10-14/h9-12,16H,3-8H2,1-2H3,(H,24,25). The van der Waals surface area contributed by atoms with Crippen LogP contribution in [0, 0.1) is 12.7 Å². The number of anilines is 1. The van der Waals surface area contributed by atoms with Gasteiger partial charge >= 0.3 is 11.9 Å². The molecule has 8 heteroatoms. The van der Waals surface area contributed by atoms with Crippen LogP contribution in [0.3, 0.4) is 0 Å². The van der Waals surface area contributed by atoms with Crippen LogP contribution >= 0.6 is 11.3 Å².